The van der Waals surface area contributed by atoms with Crippen molar-refractivity contribution in [3.05, 3.63) is 36.1 Å². The minimum Gasteiger partial charge on any atom is -0.496 e. The van der Waals surface area contributed by atoms with Gasteiger partial charge in [-0.2, -0.15) is 0 Å². The molecule has 1 saturated heterocycles. The van der Waals surface area contributed by atoms with Crippen molar-refractivity contribution in [1.29, 1.82) is 0 Å². The van der Waals surface area contributed by atoms with Crippen LogP contribution in [0, 0.1) is 5.92 Å². The van der Waals surface area contributed by atoms with Crippen LogP contribution in [0.5, 0.6) is 5.75 Å². The molecular weight excluding hydrogens is 284 g/mol. The van der Waals surface area contributed by atoms with E-state index >= 15 is 0 Å². The molecule has 2 aromatic rings. The van der Waals surface area contributed by atoms with Gasteiger partial charge in [-0.15, -0.1) is 0 Å². The van der Waals surface area contributed by atoms with Crippen LogP contribution in [-0.2, 0) is 16.1 Å². The van der Waals surface area contributed by atoms with E-state index in [1.54, 1.807) is 7.11 Å². The highest BCUT2D eigenvalue weighted by molar-refractivity contribution is 5.79. The fourth-order valence-electron chi connectivity index (χ4n) is 2.44. The molecule has 1 N–H and O–H groups in total. The lowest BCUT2D eigenvalue weighted by atomic mass is 10.1. The van der Waals surface area contributed by atoms with Crippen LogP contribution in [0.4, 0.5) is 0 Å². The summed E-state index contributed by atoms with van der Waals surface area (Å²) in [6, 6.07) is 9.39. The lowest BCUT2D eigenvalue weighted by molar-refractivity contribution is -0.125. The van der Waals surface area contributed by atoms with E-state index in [0.29, 0.717) is 31.2 Å². The van der Waals surface area contributed by atoms with Crippen LogP contribution in [0.1, 0.15) is 12.2 Å². The molecule has 6 nitrogen and oxygen atoms in total. The molecule has 0 unspecified atom stereocenters. The SMILES string of the molecule is COc1ccccc1-c1cc(CNC(=O)[C@H]2CCOC2)on1. The summed E-state index contributed by atoms with van der Waals surface area (Å²) >= 11 is 0. The summed E-state index contributed by atoms with van der Waals surface area (Å²) in [5.41, 5.74) is 1.54. The quantitative estimate of drug-likeness (QED) is 0.914. The molecule has 1 aromatic heterocycles. The number of rotatable bonds is 5. The predicted molar refractivity (Wildman–Crippen MR) is 79.3 cm³/mol. The normalized spacial score (nSPS) is 17.4. The fourth-order valence-corrected chi connectivity index (χ4v) is 2.44. The van der Waals surface area contributed by atoms with Gasteiger partial charge in [0, 0.05) is 18.2 Å². The standard InChI is InChI=1S/C16H18N2O4/c1-20-15-5-3-2-4-13(15)14-8-12(22-18-14)9-17-16(19)11-6-7-21-10-11/h2-5,8,11H,6-7,9-10H2,1H3,(H,17,19)/t11-/m0/s1. The minimum absolute atomic E-state index is 0.00672. The van der Waals surface area contributed by atoms with Crippen LogP contribution in [0.25, 0.3) is 11.3 Å². The molecule has 6 heteroatoms. The molecular formula is C16H18N2O4. The summed E-state index contributed by atoms with van der Waals surface area (Å²) < 4.78 is 15.8. The van der Waals surface area contributed by atoms with E-state index < -0.39 is 0 Å². The Hall–Kier alpha value is -2.34. The number of amides is 1. The zero-order valence-electron chi connectivity index (χ0n) is 12.4. The van der Waals surface area contributed by atoms with Crippen LogP contribution >= 0.6 is 0 Å². The van der Waals surface area contributed by atoms with Gasteiger partial charge in [0.2, 0.25) is 5.91 Å². The van der Waals surface area contributed by atoms with Gasteiger partial charge in [0.1, 0.15) is 11.4 Å². The van der Waals surface area contributed by atoms with Crippen LogP contribution in [0.2, 0.25) is 0 Å². The monoisotopic (exact) mass is 302 g/mol. The number of aromatic nitrogens is 1. The third kappa shape index (κ3) is 3.12. The molecule has 1 aromatic carbocycles. The predicted octanol–water partition coefficient (Wildman–Crippen LogP) is 2.00. The first-order chi connectivity index (χ1) is 10.8. The number of carbonyl (C=O) groups excluding carboxylic acids is 1. The molecule has 0 aliphatic carbocycles. The van der Waals surface area contributed by atoms with Crippen LogP contribution in [0.15, 0.2) is 34.9 Å². The molecule has 3 rings (SSSR count). The Labute approximate surface area is 128 Å². The summed E-state index contributed by atoms with van der Waals surface area (Å²) in [6.45, 7) is 1.46. The number of para-hydroxylation sites is 1. The maximum atomic E-state index is 11.9. The molecule has 1 atom stereocenters. The van der Waals surface area contributed by atoms with Crippen molar-refractivity contribution < 1.29 is 18.8 Å². The summed E-state index contributed by atoms with van der Waals surface area (Å²) in [4.78, 5) is 11.9. The van der Waals surface area contributed by atoms with Crippen LogP contribution in [0.3, 0.4) is 0 Å². The number of carbonyl (C=O) groups is 1. The molecule has 1 amide bonds. The average molecular weight is 302 g/mol. The van der Waals surface area contributed by atoms with Gasteiger partial charge in [-0.3, -0.25) is 4.79 Å². The second-order valence-electron chi connectivity index (χ2n) is 5.16. The van der Waals surface area contributed by atoms with Crippen LogP contribution < -0.4 is 10.1 Å². The molecule has 0 bridgehead atoms. The molecule has 0 saturated carbocycles. The topological polar surface area (TPSA) is 73.6 Å². The smallest absolute Gasteiger partial charge is 0.225 e. The van der Waals surface area contributed by atoms with Crippen LogP contribution in [-0.4, -0.2) is 31.4 Å². The van der Waals surface area contributed by atoms with Gasteiger partial charge in [0.25, 0.3) is 0 Å². The van der Waals surface area contributed by atoms with Crippen molar-refractivity contribution >= 4 is 5.91 Å². The molecule has 2 heterocycles. The third-order valence-corrected chi connectivity index (χ3v) is 3.68. The van der Waals surface area contributed by atoms with Gasteiger partial charge in [-0.25, -0.2) is 0 Å². The molecule has 1 aliphatic heterocycles. The zero-order chi connectivity index (χ0) is 15.4. The molecule has 1 aliphatic rings. The number of hydrogen-bond acceptors (Lipinski definition) is 5. The number of hydrogen-bond donors (Lipinski definition) is 1. The zero-order valence-corrected chi connectivity index (χ0v) is 12.4. The molecule has 0 spiro atoms. The van der Waals surface area contributed by atoms with E-state index in [1.165, 1.54) is 0 Å². The number of methoxy groups -OCH3 is 1. The van der Waals surface area contributed by atoms with Crippen molar-refractivity contribution in [3.63, 3.8) is 0 Å². The van der Waals surface area contributed by atoms with Crippen molar-refractivity contribution in [3.8, 4) is 17.0 Å². The Balaban J connectivity index is 1.65. The highest BCUT2D eigenvalue weighted by atomic mass is 16.5. The van der Waals surface area contributed by atoms with Gasteiger partial charge in [0.05, 0.1) is 26.2 Å². The summed E-state index contributed by atoms with van der Waals surface area (Å²) in [5.74, 6) is 1.27. The molecule has 0 radical (unpaired) electrons. The fraction of sp³-hybridized carbons (Fsp3) is 0.375. The first-order valence-electron chi connectivity index (χ1n) is 7.22. The lowest BCUT2D eigenvalue weighted by Gasteiger charge is -2.07. The van der Waals surface area contributed by atoms with Crippen molar-refractivity contribution in [2.24, 2.45) is 5.92 Å². The molecule has 116 valence electrons. The Morgan fingerprint density at radius 3 is 3.09 bits per heavy atom. The number of nitrogens with zero attached hydrogens (tertiary/aromatic N) is 1. The lowest BCUT2D eigenvalue weighted by Crippen LogP contribution is -2.30. The van der Waals surface area contributed by atoms with Crippen molar-refractivity contribution in [1.82, 2.24) is 10.5 Å². The average Bonchev–Trinajstić information content (AvgIpc) is 3.24. The first-order valence-corrected chi connectivity index (χ1v) is 7.22. The Kier molecular flexibility index (Phi) is 4.39. The third-order valence-electron chi connectivity index (χ3n) is 3.68. The number of ether oxygens (including phenoxy) is 2. The molecule has 1 fully saturated rings. The van der Waals surface area contributed by atoms with E-state index in [4.69, 9.17) is 14.0 Å². The van der Waals surface area contributed by atoms with Gasteiger partial charge in [-0.1, -0.05) is 17.3 Å². The van der Waals surface area contributed by atoms with Gasteiger partial charge >= 0.3 is 0 Å². The molecule has 22 heavy (non-hydrogen) atoms. The van der Waals surface area contributed by atoms with E-state index in [0.717, 1.165) is 17.7 Å². The summed E-state index contributed by atoms with van der Waals surface area (Å²) in [7, 11) is 1.61. The van der Waals surface area contributed by atoms with E-state index in [-0.39, 0.29) is 11.8 Å². The number of nitrogens with one attached hydrogen (secondary N) is 1. The van der Waals surface area contributed by atoms with E-state index in [1.807, 2.05) is 30.3 Å². The Morgan fingerprint density at radius 1 is 1.45 bits per heavy atom. The summed E-state index contributed by atoms with van der Waals surface area (Å²) in [5, 5.41) is 6.89. The minimum atomic E-state index is -0.0587. The van der Waals surface area contributed by atoms with Gasteiger partial charge < -0.3 is 19.3 Å². The largest absolute Gasteiger partial charge is 0.496 e. The second kappa shape index (κ2) is 6.62. The van der Waals surface area contributed by atoms with Gasteiger partial charge in [0.15, 0.2) is 5.76 Å². The highest BCUT2D eigenvalue weighted by Crippen LogP contribution is 2.28. The maximum absolute atomic E-state index is 11.9. The first kappa shape index (κ1) is 14.6. The van der Waals surface area contributed by atoms with Gasteiger partial charge in [-0.05, 0) is 18.6 Å². The Morgan fingerprint density at radius 2 is 2.32 bits per heavy atom. The van der Waals surface area contributed by atoms with Crippen molar-refractivity contribution in [2.75, 3.05) is 20.3 Å². The number of benzene rings is 1. The van der Waals surface area contributed by atoms with E-state index in [9.17, 15) is 4.79 Å². The Bertz CT molecular complexity index is 647. The summed E-state index contributed by atoms with van der Waals surface area (Å²) in [6.07, 6.45) is 0.773. The second-order valence-corrected chi connectivity index (χ2v) is 5.16. The van der Waals surface area contributed by atoms with Crippen molar-refractivity contribution in [2.45, 2.75) is 13.0 Å². The van der Waals surface area contributed by atoms with E-state index in [2.05, 4.69) is 10.5 Å². The maximum Gasteiger partial charge on any atom is 0.225 e. The highest BCUT2D eigenvalue weighted by Gasteiger charge is 2.23.